The lowest BCUT2D eigenvalue weighted by molar-refractivity contribution is -0.141. The van der Waals surface area contributed by atoms with Crippen molar-refractivity contribution in [3.05, 3.63) is 35.4 Å². The molecule has 98 valence electrons. The number of hydrogen-bond donors (Lipinski definition) is 2. The maximum atomic E-state index is 11.6. The Morgan fingerprint density at radius 2 is 2.11 bits per heavy atom. The molecule has 0 aliphatic heterocycles. The van der Waals surface area contributed by atoms with Crippen LogP contribution in [0.3, 0.4) is 0 Å². The molecule has 0 unspecified atom stereocenters. The van der Waals surface area contributed by atoms with E-state index in [0.29, 0.717) is 19.3 Å². The summed E-state index contributed by atoms with van der Waals surface area (Å²) in [5.74, 6) is -1.20. The minimum Gasteiger partial charge on any atom is -0.480 e. The van der Waals surface area contributed by atoms with Crippen molar-refractivity contribution in [1.82, 2.24) is 5.32 Å². The van der Waals surface area contributed by atoms with Crippen molar-refractivity contribution in [2.75, 3.05) is 0 Å². The van der Waals surface area contributed by atoms with Crippen molar-refractivity contribution in [1.29, 1.82) is 0 Å². The summed E-state index contributed by atoms with van der Waals surface area (Å²) in [6.07, 6.45) is 1.34. The molecule has 1 rings (SSSR count). The highest BCUT2D eigenvalue weighted by Gasteiger charge is 2.16. The molecule has 0 aliphatic rings. The molecule has 0 aromatic heterocycles. The van der Waals surface area contributed by atoms with Crippen molar-refractivity contribution in [2.45, 2.75) is 39.2 Å². The molecular formula is C14H19NO3. The van der Waals surface area contributed by atoms with E-state index in [1.54, 1.807) is 6.92 Å². The van der Waals surface area contributed by atoms with Gasteiger partial charge in [0.2, 0.25) is 5.91 Å². The van der Waals surface area contributed by atoms with E-state index in [2.05, 4.69) is 5.32 Å². The molecule has 0 radical (unpaired) electrons. The first-order valence-electron chi connectivity index (χ1n) is 6.10. The fourth-order valence-electron chi connectivity index (χ4n) is 1.73. The van der Waals surface area contributed by atoms with E-state index in [4.69, 9.17) is 5.11 Å². The first kappa shape index (κ1) is 14.2. The van der Waals surface area contributed by atoms with Crippen molar-refractivity contribution < 1.29 is 14.7 Å². The fourth-order valence-corrected chi connectivity index (χ4v) is 1.73. The van der Waals surface area contributed by atoms with Crippen LogP contribution in [0.25, 0.3) is 0 Å². The monoisotopic (exact) mass is 249 g/mol. The van der Waals surface area contributed by atoms with Gasteiger partial charge in [0.05, 0.1) is 0 Å². The summed E-state index contributed by atoms with van der Waals surface area (Å²) >= 11 is 0. The largest absolute Gasteiger partial charge is 0.480 e. The molecule has 0 spiro atoms. The van der Waals surface area contributed by atoms with Gasteiger partial charge in [0.25, 0.3) is 0 Å². The Kier molecular flexibility index (Phi) is 5.36. The summed E-state index contributed by atoms with van der Waals surface area (Å²) < 4.78 is 0. The van der Waals surface area contributed by atoms with Crippen LogP contribution in [0.15, 0.2) is 24.3 Å². The topological polar surface area (TPSA) is 66.4 Å². The second-order valence-electron chi connectivity index (χ2n) is 4.36. The zero-order valence-electron chi connectivity index (χ0n) is 10.8. The van der Waals surface area contributed by atoms with Gasteiger partial charge in [0.1, 0.15) is 6.04 Å². The van der Waals surface area contributed by atoms with E-state index in [9.17, 15) is 9.59 Å². The average Bonchev–Trinajstić information content (AvgIpc) is 2.33. The van der Waals surface area contributed by atoms with Crippen LogP contribution in [0.1, 0.15) is 30.9 Å². The van der Waals surface area contributed by atoms with E-state index in [-0.39, 0.29) is 5.91 Å². The van der Waals surface area contributed by atoms with Gasteiger partial charge in [-0.2, -0.15) is 0 Å². The molecule has 18 heavy (non-hydrogen) atoms. The first-order chi connectivity index (χ1) is 8.52. The minimum atomic E-state index is -0.985. The fraction of sp³-hybridized carbons (Fsp3) is 0.429. The lowest BCUT2D eigenvalue weighted by Gasteiger charge is -2.12. The summed E-state index contributed by atoms with van der Waals surface area (Å²) in [6, 6.07) is 7.17. The number of carboxylic acids is 1. The summed E-state index contributed by atoms with van der Waals surface area (Å²) in [6.45, 7) is 3.74. The Morgan fingerprint density at radius 3 is 2.67 bits per heavy atom. The van der Waals surface area contributed by atoms with Crippen molar-refractivity contribution in [2.24, 2.45) is 0 Å². The lowest BCUT2D eigenvalue weighted by Crippen LogP contribution is -2.40. The number of hydrogen-bond acceptors (Lipinski definition) is 2. The quantitative estimate of drug-likeness (QED) is 0.809. The maximum Gasteiger partial charge on any atom is 0.326 e. The highest BCUT2D eigenvalue weighted by molar-refractivity contribution is 5.83. The number of aliphatic carboxylic acids is 1. The van der Waals surface area contributed by atoms with Gasteiger partial charge in [-0.1, -0.05) is 36.8 Å². The molecule has 0 aliphatic carbocycles. The van der Waals surface area contributed by atoms with Crippen LogP contribution < -0.4 is 5.32 Å². The van der Waals surface area contributed by atoms with Crippen LogP contribution in [0.5, 0.6) is 0 Å². The van der Waals surface area contributed by atoms with Gasteiger partial charge in [-0.05, 0) is 25.3 Å². The maximum absolute atomic E-state index is 11.6. The van der Waals surface area contributed by atoms with E-state index >= 15 is 0 Å². The van der Waals surface area contributed by atoms with Crippen molar-refractivity contribution in [3.63, 3.8) is 0 Å². The molecule has 1 aromatic carbocycles. The number of carboxylic acid groups (broad SMARTS) is 1. The molecule has 1 aromatic rings. The SMILES string of the molecule is CC[C@@H](NC(=O)CCc1cccc(C)c1)C(=O)O. The number of rotatable bonds is 6. The third-order valence-electron chi connectivity index (χ3n) is 2.76. The normalized spacial score (nSPS) is 11.9. The zero-order valence-corrected chi connectivity index (χ0v) is 10.8. The molecule has 0 saturated carbocycles. The molecule has 4 nitrogen and oxygen atoms in total. The standard InChI is InChI=1S/C14H19NO3/c1-3-12(14(17)18)15-13(16)8-7-11-6-4-5-10(2)9-11/h4-6,9,12H,3,7-8H2,1-2H3,(H,15,16)(H,17,18)/t12-/m1/s1. The number of amides is 1. The molecule has 1 amide bonds. The van der Waals surface area contributed by atoms with Gasteiger partial charge >= 0.3 is 5.97 Å². The third-order valence-corrected chi connectivity index (χ3v) is 2.76. The van der Waals surface area contributed by atoms with Crippen LogP contribution in [0.4, 0.5) is 0 Å². The van der Waals surface area contributed by atoms with Crippen LogP contribution in [0.2, 0.25) is 0 Å². The molecule has 0 bridgehead atoms. The van der Waals surface area contributed by atoms with Gasteiger partial charge in [-0.15, -0.1) is 0 Å². The van der Waals surface area contributed by atoms with Crippen LogP contribution in [-0.4, -0.2) is 23.0 Å². The number of nitrogens with one attached hydrogen (secondary N) is 1. The Hall–Kier alpha value is -1.84. The van der Waals surface area contributed by atoms with E-state index in [0.717, 1.165) is 11.1 Å². The molecule has 0 fully saturated rings. The Bertz CT molecular complexity index is 429. The number of aryl methyl sites for hydroxylation is 2. The molecule has 1 atom stereocenters. The van der Waals surface area contributed by atoms with Crippen LogP contribution in [0, 0.1) is 6.92 Å². The number of carbonyl (C=O) groups is 2. The molecule has 0 heterocycles. The molecule has 4 heteroatoms. The minimum absolute atomic E-state index is 0.217. The molecule has 0 saturated heterocycles. The van der Waals surface area contributed by atoms with Crippen molar-refractivity contribution in [3.8, 4) is 0 Å². The summed E-state index contributed by atoms with van der Waals surface area (Å²) in [4.78, 5) is 22.4. The Labute approximate surface area is 107 Å². The van der Waals surface area contributed by atoms with Gasteiger partial charge in [0.15, 0.2) is 0 Å². The third kappa shape index (κ3) is 4.57. The number of carbonyl (C=O) groups excluding carboxylic acids is 1. The van der Waals surface area contributed by atoms with E-state index < -0.39 is 12.0 Å². The van der Waals surface area contributed by atoms with E-state index in [1.807, 2.05) is 31.2 Å². The van der Waals surface area contributed by atoms with Gasteiger partial charge in [-0.3, -0.25) is 4.79 Å². The highest BCUT2D eigenvalue weighted by atomic mass is 16.4. The summed E-state index contributed by atoms with van der Waals surface area (Å²) in [5.41, 5.74) is 2.25. The zero-order chi connectivity index (χ0) is 13.5. The Morgan fingerprint density at radius 1 is 1.39 bits per heavy atom. The van der Waals surface area contributed by atoms with Crippen LogP contribution >= 0.6 is 0 Å². The van der Waals surface area contributed by atoms with Crippen LogP contribution in [-0.2, 0) is 16.0 Å². The average molecular weight is 249 g/mol. The predicted octanol–water partition coefficient (Wildman–Crippen LogP) is 1.91. The smallest absolute Gasteiger partial charge is 0.326 e. The first-order valence-corrected chi connectivity index (χ1v) is 6.10. The van der Waals surface area contributed by atoms with Gasteiger partial charge in [0, 0.05) is 6.42 Å². The van der Waals surface area contributed by atoms with Crippen molar-refractivity contribution >= 4 is 11.9 Å². The second kappa shape index (κ2) is 6.79. The number of benzene rings is 1. The molecule has 2 N–H and O–H groups in total. The Balaban J connectivity index is 2.44. The summed E-state index contributed by atoms with van der Waals surface area (Å²) in [7, 11) is 0. The van der Waals surface area contributed by atoms with Gasteiger partial charge < -0.3 is 10.4 Å². The predicted molar refractivity (Wildman–Crippen MR) is 69.4 cm³/mol. The van der Waals surface area contributed by atoms with E-state index in [1.165, 1.54) is 0 Å². The lowest BCUT2D eigenvalue weighted by atomic mass is 10.1. The second-order valence-corrected chi connectivity index (χ2v) is 4.36. The van der Waals surface area contributed by atoms with Gasteiger partial charge in [-0.25, -0.2) is 4.79 Å². The summed E-state index contributed by atoms with van der Waals surface area (Å²) in [5, 5.41) is 11.3. The molecular weight excluding hydrogens is 230 g/mol. The highest BCUT2D eigenvalue weighted by Crippen LogP contribution is 2.06.